The number of fused-ring (bicyclic) bond motifs is 1. The molecule has 0 fully saturated rings. The van der Waals surface area contributed by atoms with Crippen LogP contribution in [0.3, 0.4) is 0 Å². The second kappa shape index (κ2) is 5.70. The predicted molar refractivity (Wildman–Crippen MR) is 85.1 cm³/mol. The normalized spacial score (nSPS) is 11.0. The Morgan fingerprint density at radius 2 is 2.05 bits per heavy atom. The fraction of sp³-hybridized carbons (Fsp3) is 0.176. The number of hydrogen-bond acceptors (Lipinski definition) is 2. The predicted octanol–water partition coefficient (Wildman–Crippen LogP) is 4.11. The minimum absolute atomic E-state index is 0.488. The van der Waals surface area contributed by atoms with Crippen molar-refractivity contribution >= 4 is 28.9 Å². The molecule has 0 aliphatic heterocycles. The van der Waals surface area contributed by atoms with Crippen molar-refractivity contribution in [3.05, 3.63) is 64.4 Å². The van der Waals surface area contributed by atoms with Gasteiger partial charge in [-0.25, -0.2) is 4.98 Å². The molecule has 0 atom stereocenters. The third-order valence-corrected chi connectivity index (χ3v) is 3.93. The van der Waals surface area contributed by atoms with E-state index in [2.05, 4.69) is 17.6 Å². The van der Waals surface area contributed by atoms with E-state index in [0.717, 1.165) is 35.3 Å². The van der Waals surface area contributed by atoms with Gasteiger partial charge in [-0.3, -0.25) is 4.79 Å². The number of imidazole rings is 1. The second-order valence-electron chi connectivity index (χ2n) is 4.91. The van der Waals surface area contributed by atoms with Gasteiger partial charge in [-0.2, -0.15) is 0 Å². The van der Waals surface area contributed by atoms with E-state index in [1.807, 2.05) is 30.3 Å². The van der Waals surface area contributed by atoms with E-state index >= 15 is 0 Å². The van der Waals surface area contributed by atoms with E-state index in [-0.39, 0.29) is 0 Å². The Hall–Kier alpha value is -2.13. The lowest BCUT2D eigenvalue weighted by Gasteiger charge is -2.07. The third-order valence-electron chi connectivity index (χ3n) is 3.60. The summed E-state index contributed by atoms with van der Waals surface area (Å²) in [5, 5.41) is 0.488. The Bertz CT molecular complexity index is 808. The van der Waals surface area contributed by atoms with Gasteiger partial charge in [0.25, 0.3) is 0 Å². The van der Waals surface area contributed by atoms with E-state index in [4.69, 9.17) is 16.6 Å². The molecule has 0 saturated carbocycles. The molecule has 3 nitrogen and oxygen atoms in total. The van der Waals surface area contributed by atoms with Crippen LogP contribution in [-0.4, -0.2) is 15.8 Å². The zero-order valence-electron chi connectivity index (χ0n) is 11.7. The van der Waals surface area contributed by atoms with Gasteiger partial charge in [-0.15, -0.1) is 0 Å². The molecule has 3 aromatic rings. The number of benzene rings is 2. The second-order valence-corrected chi connectivity index (χ2v) is 5.32. The zero-order chi connectivity index (χ0) is 14.8. The number of aldehydes is 1. The van der Waals surface area contributed by atoms with Crippen molar-refractivity contribution in [1.29, 1.82) is 0 Å². The third kappa shape index (κ3) is 2.57. The van der Waals surface area contributed by atoms with Gasteiger partial charge in [-0.1, -0.05) is 29.8 Å². The van der Waals surface area contributed by atoms with Gasteiger partial charge in [0.1, 0.15) is 5.82 Å². The van der Waals surface area contributed by atoms with Gasteiger partial charge in [0.2, 0.25) is 0 Å². The van der Waals surface area contributed by atoms with Gasteiger partial charge in [0, 0.05) is 18.5 Å². The van der Waals surface area contributed by atoms with Crippen LogP contribution in [0.25, 0.3) is 11.0 Å². The lowest BCUT2D eigenvalue weighted by molar-refractivity contribution is 0.112. The summed E-state index contributed by atoms with van der Waals surface area (Å²) >= 11 is 6.09. The van der Waals surface area contributed by atoms with Gasteiger partial charge in [0.15, 0.2) is 6.29 Å². The monoisotopic (exact) mass is 298 g/mol. The fourth-order valence-electron chi connectivity index (χ4n) is 2.57. The minimum atomic E-state index is 0.488. The molecule has 0 unspecified atom stereocenters. The Morgan fingerprint density at radius 1 is 1.24 bits per heavy atom. The molecule has 0 amide bonds. The molecular weight excluding hydrogens is 284 g/mol. The molecule has 3 rings (SSSR count). The maximum atomic E-state index is 10.8. The maximum absolute atomic E-state index is 10.8. The Labute approximate surface area is 128 Å². The molecule has 106 valence electrons. The molecule has 0 spiro atoms. The van der Waals surface area contributed by atoms with Gasteiger partial charge < -0.3 is 4.57 Å². The van der Waals surface area contributed by atoms with Crippen molar-refractivity contribution in [2.45, 2.75) is 19.9 Å². The summed E-state index contributed by atoms with van der Waals surface area (Å²) < 4.78 is 2.21. The molecule has 1 aromatic heterocycles. The highest BCUT2D eigenvalue weighted by atomic mass is 35.5. The van der Waals surface area contributed by atoms with Gasteiger partial charge >= 0.3 is 0 Å². The molecule has 0 saturated heterocycles. The van der Waals surface area contributed by atoms with Crippen molar-refractivity contribution in [2.75, 3.05) is 0 Å². The Morgan fingerprint density at radius 3 is 2.76 bits per heavy atom. The quantitative estimate of drug-likeness (QED) is 0.679. The summed E-state index contributed by atoms with van der Waals surface area (Å²) in [7, 11) is 0. The fourth-order valence-corrected chi connectivity index (χ4v) is 2.82. The molecule has 0 N–H and O–H groups in total. The lowest BCUT2D eigenvalue weighted by atomic mass is 10.1. The van der Waals surface area contributed by atoms with Crippen molar-refractivity contribution < 1.29 is 4.79 Å². The number of carbonyl (C=O) groups excluding carboxylic acids is 1. The minimum Gasteiger partial charge on any atom is -0.328 e. The summed E-state index contributed by atoms with van der Waals surface area (Å²) in [5.41, 5.74) is 3.72. The summed E-state index contributed by atoms with van der Waals surface area (Å²) in [4.78, 5) is 15.5. The number of para-hydroxylation sites is 2. The molecule has 0 radical (unpaired) electrons. The van der Waals surface area contributed by atoms with Crippen molar-refractivity contribution in [3.8, 4) is 0 Å². The average molecular weight is 299 g/mol. The first-order chi connectivity index (χ1) is 10.2. The average Bonchev–Trinajstić information content (AvgIpc) is 2.84. The van der Waals surface area contributed by atoms with Crippen LogP contribution in [0.1, 0.15) is 28.7 Å². The van der Waals surface area contributed by atoms with Gasteiger partial charge in [0.05, 0.1) is 16.1 Å². The van der Waals surface area contributed by atoms with E-state index < -0.39 is 0 Å². The largest absolute Gasteiger partial charge is 0.328 e. The van der Waals surface area contributed by atoms with Crippen LogP contribution in [0.2, 0.25) is 5.02 Å². The molecule has 0 aliphatic carbocycles. The number of carbonyl (C=O) groups is 1. The molecular formula is C17H15ClN2O. The number of aromatic nitrogens is 2. The van der Waals surface area contributed by atoms with Crippen LogP contribution < -0.4 is 0 Å². The van der Waals surface area contributed by atoms with Crippen LogP contribution in [0.4, 0.5) is 0 Å². The number of halogens is 1. The number of aryl methyl sites for hydroxylation is 1. The highest BCUT2D eigenvalue weighted by Crippen LogP contribution is 2.21. The van der Waals surface area contributed by atoms with E-state index in [9.17, 15) is 4.79 Å². The smallest absolute Gasteiger partial charge is 0.151 e. The lowest BCUT2D eigenvalue weighted by Crippen LogP contribution is -2.02. The molecule has 21 heavy (non-hydrogen) atoms. The number of rotatable bonds is 4. The van der Waals surface area contributed by atoms with Crippen LogP contribution in [0.15, 0.2) is 42.5 Å². The van der Waals surface area contributed by atoms with Crippen molar-refractivity contribution in [2.24, 2.45) is 0 Å². The Kier molecular flexibility index (Phi) is 3.76. The number of hydrogen-bond donors (Lipinski definition) is 0. The van der Waals surface area contributed by atoms with Crippen LogP contribution in [0, 0.1) is 0 Å². The van der Waals surface area contributed by atoms with Crippen molar-refractivity contribution in [3.63, 3.8) is 0 Å². The molecule has 4 heteroatoms. The summed E-state index contributed by atoms with van der Waals surface area (Å²) in [6.07, 6.45) is 1.47. The molecule has 0 aliphatic rings. The SMILES string of the molecule is CCn1c(Cc2ccc(C=O)c(Cl)c2)nc2ccccc21. The van der Waals surface area contributed by atoms with Crippen LogP contribution in [0.5, 0.6) is 0 Å². The number of nitrogens with zero attached hydrogens (tertiary/aromatic N) is 2. The summed E-state index contributed by atoms with van der Waals surface area (Å²) in [6.45, 7) is 2.98. The molecule has 0 bridgehead atoms. The molecule has 1 heterocycles. The summed E-state index contributed by atoms with van der Waals surface area (Å²) in [5.74, 6) is 1.01. The molecule has 2 aromatic carbocycles. The van der Waals surface area contributed by atoms with Crippen molar-refractivity contribution in [1.82, 2.24) is 9.55 Å². The highest BCUT2D eigenvalue weighted by molar-refractivity contribution is 6.33. The first-order valence-corrected chi connectivity index (χ1v) is 7.28. The first-order valence-electron chi connectivity index (χ1n) is 6.90. The first kappa shape index (κ1) is 13.8. The van der Waals surface area contributed by atoms with Crippen LogP contribution in [-0.2, 0) is 13.0 Å². The van der Waals surface area contributed by atoms with E-state index in [1.54, 1.807) is 6.07 Å². The van der Waals surface area contributed by atoms with Crippen LogP contribution >= 0.6 is 11.6 Å². The van der Waals surface area contributed by atoms with Gasteiger partial charge in [-0.05, 0) is 36.8 Å². The standard InChI is InChI=1S/C17H15ClN2O/c1-2-20-16-6-4-3-5-15(16)19-17(20)10-12-7-8-13(11-21)14(18)9-12/h3-9,11H,2,10H2,1H3. The maximum Gasteiger partial charge on any atom is 0.151 e. The Balaban J connectivity index is 2.01. The van der Waals surface area contributed by atoms with E-state index in [0.29, 0.717) is 17.0 Å². The summed E-state index contributed by atoms with van der Waals surface area (Å²) in [6, 6.07) is 13.6. The topological polar surface area (TPSA) is 34.9 Å². The zero-order valence-corrected chi connectivity index (χ0v) is 12.5. The highest BCUT2D eigenvalue weighted by Gasteiger charge is 2.10. The van der Waals surface area contributed by atoms with E-state index in [1.165, 1.54) is 0 Å².